The van der Waals surface area contributed by atoms with Gasteiger partial charge in [-0.2, -0.15) is 4.31 Å². The first kappa shape index (κ1) is 16.5. The van der Waals surface area contributed by atoms with Crippen molar-refractivity contribution in [2.45, 2.75) is 62.9 Å². The smallest absolute Gasteiger partial charge is 0.243 e. The van der Waals surface area contributed by atoms with E-state index in [1.807, 2.05) is 13.0 Å². The summed E-state index contributed by atoms with van der Waals surface area (Å²) in [7, 11) is -1.69. The highest BCUT2D eigenvalue weighted by molar-refractivity contribution is 7.89. The Morgan fingerprint density at radius 2 is 1.81 bits per heavy atom. The number of sulfonamides is 1. The van der Waals surface area contributed by atoms with Gasteiger partial charge < -0.3 is 5.73 Å². The molecule has 2 rings (SSSR count). The average Bonchev–Trinajstić information content (AvgIpc) is 2.74. The van der Waals surface area contributed by atoms with Crippen LogP contribution < -0.4 is 5.73 Å². The SMILES string of the molecule is Cc1cc(CN)ccc1S(=O)(=O)N(C)C1CCCCCC1. The van der Waals surface area contributed by atoms with Crippen LogP contribution in [0.5, 0.6) is 0 Å². The molecule has 0 unspecified atom stereocenters. The Hall–Kier alpha value is -0.910. The van der Waals surface area contributed by atoms with Crippen LogP contribution in [-0.2, 0) is 16.6 Å². The number of hydrogen-bond acceptors (Lipinski definition) is 3. The Labute approximate surface area is 128 Å². The van der Waals surface area contributed by atoms with E-state index in [9.17, 15) is 8.42 Å². The van der Waals surface area contributed by atoms with Gasteiger partial charge in [-0.05, 0) is 37.0 Å². The summed E-state index contributed by atoms with van der Waals surface area (Å²) in [6, 6.07) is 5.50. The molecule has 0 amide bonds. The zero-order valence-electron chi connectivity index (χ0n) is 13.0. The van der Waals surface area contributed by atoms with Gasteiger partial charge in [0.1, 0.15) is 0 Å². The monoisotopic (exact) mass is 310 g/mol. The van der Waals surface area contributed by atoms with Crippen molar-refractivity contribution in [2.75, 3.05) is 7.05 Å². The van der Waals surface area contributed by atoms with Crippen LogP contribution in [0.15, 0.2) is 23.1 Å². The average molecular weight is 310 g/mol. The van der Waals surface area contributed by atoms with Gasteiger partial charge in [0.15, 0.2) is 0 Å². The lowest BCUT2D eigenvalue weighted by Crippen LogP contribution is -2.37. The molecule has 1 aromatic carbocycles. The van der Waals surface area contributed by atoms with Gasteiger partial charge in [0.25, 0.3) is 0 Å². The minimum atomic E-state index is -3.42. The lowest BCUT2D eigenvalue weighted by molar-refractivity contribution is 0.335. The molecule has 0 radical (unpaired) electrons. The van der Waals surface area contributed by atoms with Gasteiger partial charge in [0, 0.05) is 19.6 Å². The highest BCUT2D eigenvalue weighted by atomic mass is 32.2. The first-order chi connectivity index (χ1) is 9.96. The summed E-state index contributed by atoms with van der Waals surface area (Å²) in [4.78, 5) is 0.409. The van der Waals surface area contributed by atoms with E-state index in [0.29, 0.717) is 11.4 Å². The van der Waals surface area contributed by atoms with Crippen molar-refractivity contribution in [2.24, 2.45) is 5.73 Å². The van der Waals surface area contributed by atoms with Crippen molar-refractivity contribution in [1.82, 2.24) is 4.31 Å². The summed E-state index contributed by atoms with van der Waals surface area (Å²) in [5.41, 5.74) is 7.35. The van der Waals surface area contributed by atoms with Crippen molar-refractivity contribution in [1.29, 1.82) is 0 Å². The zero-order chi connectivity index (χ0) is 15.5. The Morgan fingerprint density at radius 1 is 1.19 bits per heavy atom. The number of nitrogens with zero attached hydrogens (tertiary/aromatic N) is 1. The summed E-state index contributed by atoms with van der Waals surface area (Å²) in [6.45, 7) is 2.27. The molecule has 0 bridgehead atoms. The van der Waals surface area contributed by atoms with Crippen LogP contribution in [0, 0.1) is 6.92 Å². The lowest BCUT2D eigenvalue weighted by Gasteiger charge is -2.27. The zero-order valence-corrected chi connectivity index (χ0v) is 13.8. The molecule has 0 spiro atoms. The Balaban J connectivity index is 2.27. The number of rotatable bonds is 4. The van der Waals surface area contributed by atoms with Gasteiger partial charge in [-0.15, -0.1) is 0 Å². The van der Waals surface area contributed by atoms with E-state index >= 15 is 0 Å². The number of hydrogen-bond donors (Lipinski definition) is 1. The predicted octanol–water partition coefficient (Wildman–Crippen LogP) is 2.80. The van der Waals surface area contributed by atoms with Crippen LogP contribution in [0.4, 0.5) is 0 Å². The molecule has 0 aliphatic heterocycles. The fraction of sp³-hybridized carbons (Fsp3) is 0.625. The molecule has 5 heteroatoms. The molecule has 2 N–H and O–H groups in total. The second-order valence-corrected chi connectivity index (χ2v) is 7.94. The summed E-state index contributed by atoms with van der Waals surface area (Å²) < 4.78 is 27.3. The molecule has 1 aliphatic carbocycles. The second kappa shape index (κ2) is 6.90. The van der Waals surface area contributed by atoms with Gasteiger partial charge >= 0.3 is 0 Å². The van der Waals surface area contributed by atoms with Gasteiger partial charge in [0.05, 0.1) is 4.90 Å². The molecule has 4 nitrogen and oxygen atoms in total. The van der Waals surface area contributed by atoms with Crippen molar-refractivity contribution in [3.8, 4) is 0 Å². The molecule has 0 aromatic heterocycles. The third kappa shape index (κ3) is 3.65. The van der Waals surface area contributed by atoms with Crippen LogP contribution in [0.1, 0.15) is 49.7 Å². The first-order valence-corrected chi connectivity index (χ1v) is 9.18. The third-order valence-electron chi connectivity index (χ3n) is 4.47. The van der Waals surface area contributed by atoms with E-state index in [4.69, 9.17) is 5.73 Å². The highest BCUT2D eigenvalue weighted by Crippen LogP contribution is 2.27. The van der Waals surface area contributed by atoms with Crippen LogP contribution in [0.25, 0.3) is 0 Å². The Morgan fingerprint density at radius 3 is 2.33 bits per heavy atom. The van der Waals surface area contributed by atoms with Crippen LogP contribution >= 0.6 is 0 Å². The Bertz CT molecular complexity index is 576. The van der Waals surface area contributed by atoms with E-state index < -0.39 is 10.0 Å². The fourth-order valence-corrected chi connectivity index (χ4v) is 4.72. The van der Waals surface area contributed by atoms with E-state index in [1.54, 1.807) is 23.5 Å². The summed E-state index contributed by atoms with van der Waals surface area (Å²) in [6.07, 6.45) is 6.61. The lowest BCUT2D eigenvalue weighted by atomic mass is 10.1. The normalized spacial score (nSPS) is 17.9. The maximum absolute atomic E-state index is 12.9. The van der Waals surface area contributed by atoms with Gasteiger partial charge in [-0.25, -0.2) is 8.42 Å². The van der Waals surface area contributed by atoms with Crippen LogP contribution in [0.2, 0.25) is 0 Å². The summed E-state index contributed by atoms with van der Waals surface area (Å²) in [5, 5.41) is 0. The largest absolute Gasteiger partial charge is 0.326 e. The predicted molar refractivity (Wildman–Crippen MR) is 85.5 cm³/mol. The van der Waals surface area contributed by atoms with E-state index in [0.717, 1.165) is 36.8 Å². The van der Waals surface area contributed by atoms with Crippen LogP contribution in [0.3, 0.4) is 0 Å². The van der Waals surface area contributed by atoms with E-state index in [-0.39, 0.29) is 6.04 Å². The molecule has 1 saturated carbocycles. The quantitative estimate of drug-likeness (QED) is 0.870. The minimum Gasteiger partial charge on any atom is -0.326 e. The molecule has 1 aromatic rings. The van der Waals surface area contributed by atoms with Crippen molar-refractivity contribution >= 4 is 10.0 Å². The molecule has 0 atom stereocenters. The second-order valence-electron chi connectivity index (χ2n) is 5.97. The van der Waals surface area contributed by atoms with Crippen molar-refractivity contribution in [3.05, 3.63) is 29.3 Å². The molecule has 1 fully saturated rings. The van der Waals surface area contributed by atoms with Gasteiger partial charge in [0.2, 0.25) is 10.0 Å². The standard InChI is InChI=1S/C16H26N2O2S/c1-13-11-14(12-17)9-10-16(13)21(19,20)18(2)15-7-5-3-4-6-8-15/h9-11,15H,3-8,12,17H2,1-2H3. The van der Waals surface area contributed by atoms with E-state index in [2.05, 4.69) is 0 Å². The Kier molecular flexibility index (Phi) is 5.41. The number of nitrogens with two attached hydrogens (primary N) is 1. The molecule has 0 saturated heterocycles. The fourth-order valence-electron chi connectivity index (χ4n) is 3.10. The molecule has 0 heterocycles. The topological polar surface area (TPSA) is 63.4 Å². The molecule has 1 aliphatic rings. The molecule has 21 heavy (non-hydrogen) atoms. The summed E-state index contributed by atoms with van der Waals surface area (Å²) in [5.74, 6) is 0. The van der Waals surface area contributed by atoms with Gasteiger partial charge in [-0.3, -0.25) is 0 Å². The van der Waals surface area contributed by atoms with Crippen molar-refractivity contribution < 1.29 is 8.42 Å². The van der Waals surface area contributed by atoms with Crippen LogP contribution in [-0.4, -0.2) is 25.8 Å². The minimum absolute atomic E-state index is 0.131. The molecular formula is C16H26N2O2S. The molecule has 118 valence electrons. The van der Waals surface area contributed by atoms with Crippen molar-refractivity contribution in [3.63, 3.8) is 0 Å². The number of aryl methyl sites for hydroxylation is 1. The van der Waals surface area contributed by atoms with Gasteiger partial charge in [-0.1, -0.05) is 37.8 Å². The number of benzene rings is 1. The summed E-state index contributed by atoms with van der Waals surface area (Å²) >= 11 is 0. The maximum Gasteiger partial charge on any atom is 0.243 e. The first-order valence-electron chi connectivity index (χ1n) is 7.74. The highest BCUT2D eigenvalue weighted by Gasteiger charge is 2.29. The maximum atomic E-state index is 12.9. The molecular weight excluding hydrogens is 284 g/mol. The third-order valence-corrected chi connectivity index (χ3v) is 6.54. The van der Waals surface area contributed by atoms with E-state index in [1.165, 1.54) is 12.8 Å².